The molecule has 0 bridgehead atoms. The Bertz CT molecular complexity index is 1080. The largest absolute Gasteiger partial charge is 0.493 e. The van der Waals surface area contributed by atoms with Gasteiger partial charge in [0.05, 0.1) is 19.2 Å². The van der Waals surface area contributed by atoms with Gasteiger partial charge in [0.2, 0.25) is 5.89 Å². The van der Waals surface area contributed by atoms with Gasteiger partial charge in [0.15, 0.2) is 5.76 Å². The van der Waals surface area contributed by atoms with Crippen molar-refractivity contribution in [1.29, 1.82) is 0 Å². The minimum absolute atomic E-state index is 0.206. The van der Waals surface area contributed by atoms with Crippen LogP contribution in [-0.4, -0.2) is 28.3 Å². The van der Waals surface area contributed by atoms with E-state index in [-0.39, 0.29) is 12.2 Å². The summed E-state index contributed by atoms with van der Waals surface area (Å²) in [6, 6.07) is 14.9. The van der Waals surface area contributed by atoms with Crippen LogP contribution in [0.15, 0.2) is 59.1 Å². The summed E-state index contributed by atoms with van der Waals surface area (Å²) in [7, 11) is 0. The molecule has 4 rings (SSSR count). The average Bonchev–Trinajstić information content (AvgIpc) is 3.45. The van der Waals surface area contributed by atoms with E-state index in [1.54, 1.807) is 20.8 Å². The third kappa shape index (κ3) is 6.83. The summed E-state index contributed by atoms with van der Waals surface area (Å²) in [4.78, 5) is 16.1. The number of hydrogen-bond donors (Lipinski definition) is 1. The Morgan fingerprint density at radius 2 is 1.85 bits per heavy atom. The molecule has 7 heteroatoms. The molecule has 3 aromatic rings. The van der Waals surface area contributed by atoms with Crippen LogP contribution in [-0.2, 0) is 9.53 Å². The molecule has 1 atom stereocenters. The molecule has 1 heterocycles. The first-order chi connectivity index (χ1) is 15.7. The molecule has 7 nitrogen and oxygen atoms in total. The van der Waals surface area contributed by atoms with Crippen molar-refractivity contribution in [3.63, 3.8) is 0 Å². The quantitative estimate of drug-likeness (QED) is 0.418. The summed E-state index contributed by atoms with van der Waals surface area (Å²) in [5.41, 5.74) is 0.109. The fourth-order valence-corrected chi connectivity index (χ4v) is 3.14. The van der Waals surface area contributed by atoms with E-state index >= 15 is 0 Å². The monoisotopic (exact) mass is 451 g/mol. The van der Waals surface area contributed by atoms with E-state index in [1.807, 2.05) is 48.5 Å². The van der Waals surface area contributed by atoms with Gasteiger partial charge in [-0.2, -0.15) is 0 Å². The van der Waals surface area contributed by atoms with Crippen LogP contribution >= 0.6 is 0 Å². The Kier molecular flexibility index (Phi) is 6.70. The number of oxazole rings is 1. The zero-order valence-corrected chi connectivity index (χ0v) is 19.1. The molecule has 0 amide bonds. The predicted octanol–water partition coefficient (Wildman–Crippen LogP) is 5.69. The fraction of sp³-hybridized carbons (Fsp3) is 0.385. The lowest BCUT2D eigenvalue weighted by Gasteiger charge is -2.20. The number of nitrogens with zero attached hydrogens (tertiary/aromatic N) is 1. The van der Waals surface area contributed by atoms with Gasteiger partial charge in [0.25, 0.3) is 0 Å². The number of aliphatic hydroxyl groups excluding tert-OH is 1. The maximum absolute atomic E-state index is 11.9. The Balaban J connectivity index is 1.35. The van der Waals surface area contributed by atoms with Gasteiger partial charge < -0.3 is 23.7 Å². The maximum Gasteiger partial charge on any atom is 0.309 e. The topological polar surface area (TPSA) is 91.0 Å². The fourth-order valence-electron chi connectivity index (χ4n) is 3.14. The standard InChI is InChI=1S/C26H29NO6/c1-26(2,3)33-24(29)14-22(28)23-15-27-25(32-23)18-9-11-19(12-10-18)31-21-6-4-5-20(13-21)30-16-17-7-8-17/h4-6,9-13,15,17,22,28H,7-8,14,16H2,1-3H3. The lowest BCUT2D eigenvalue weighted by molar-refractivity contribution is -0.157. The number of carbonyl (C=O) groups excluding carboxylic acids is 1. The second-order valence-corrected chi connectivity index (χ2v) is 9.23. The van der Waals surface area contributed by atoms with Crippen molar-refractivity contribution >= 4 is 5.97 Å². The summed E-state index contributed by atoms with van der Waals surface area (Å²) in [6.45, 7) is 6.08. The van der Waals surface area contributed by atoms with Crippen molar-refractivity contribution < 1.29 is 28.5 Å². The zero-order chi connectivity index (χ0) is 23.4. The van der Waals surface area contributed by atoms with Gasteiger partial charge in [-0.15, -0.1) is 0 Å². The molecule has 1 unspecified atom stereocenters. The average molecular weight is 452 g/mol. The number of aromatic nitrogens is 1. The Morgan fingerprint density at radius 3 is 2.55 bits per heavy atom. The summed E-state index contributed by atoms with van der Waals surface area (Å²) in [5, 5.41) is 10.3. The highest BCUT2D eigenvalue weighted by atomic mass is 16.6. The van der Waals surface area contributed by atoms with Crippen molar-refractivity contribution in [2.24, 2.45) is 5.92 Å². The number of benzene rings is 2. The summed E-state index contributed by atoms with van der Waals surface area (Å²) in [6.07, 6.45) is 2.58. The number of esters is 1. The molecule has 1 fully saturated rings. The van der Waals surface area contributed by atoms with Crippen LogP contribution in [0, 0.1) is 5.92 Å². The number of hydrogen-bond acceptors (Lipinski definition) is 7. The molecular weight excluding hydrogens is 422 g/mol. The molecule has 1 aromatic heterocycles. The van der Waals surface area contributed by atoms with Crippen molar-refractivity contribution in [3.05, 3.63) is 60.5 Å². The second kappa shape index (κ2) is 9.67. The Hall–Kier alpha value is -3.32. The van der Waals surface area contributed by atoms with Gasteiger partial charge in [0.1, 0.15) is 29.0 Å². The highest BCUT2D eigenvalue weighted by Gasteiger charge is 2.23. The molecular formula is C26H29NO6. The molecule has 0 radical (unpaired) electrons. The summed E-state index contributed by atoms with van der Waals surface area (Å²) >= 11 is 0. The molecule has 1 aliphatic carbocycles. The van der Waals surface area contributed by atoms with Crippen LogP contribution in [0.4, 0.5) is 0 Å². The van der Waals surface area contributed by atoms with E-state index in [1.165, 1.54) is 19.0 Å². The van der Waals surface area contributed by atoms with Crippen LogP contribution in [0.1, 0.15) is 51.9 Å². The minimum Gasteiger partial charge on any atom is -0.493 e. The Morgan fingerprint density at radius 1 is 1.12 bits per heavy atom. The third-order valence-corrected chi connectivity index (χ3v) is 4.96. The van der Waals surface area contributed by atoms with E-state index in [4.69, 9.17) is 18.6 Å². The van der Waals surface area contributed by atoms with Crippen molar-refractivity contribution in [2.75, 3.05) is 6.61 Å². The molecule has 2 aromatic carbocycles. The lowest BCUT2D eigenvalue weighted by Crippen LogP contribution is -2.24. The van der Waals surface area contributed by atoms with E-state index in [2.05, 4.69) is 4.98 Å². The Labute approximate surface area is 193 Å². The molecule has 33 heavy (non-hydrogen) atoms. The van der Waals surface area contributed by atoms with Crippen LogP contribution in [0.25, 0.3) is 11.5 Å². The number of aliphatic hydroxyl groups is 1. The molecule has 1 saturated carbocycles. The molecule has 0 spiro atoms. The predicted molar refractivity (Wildman–Crippen MR) is 122 cm³/mol. The van der Waals surface area contributed by atoms with Crippen molar-refractivity contribution in [1.82, 2.24) is 4.98 Å². The lowest BCUT2D eigenvalue weighted by atomic mass is 10.2. The van der Waals surface area contributed by atoms with Gasteiger partial charge in [-0.3, -0.25) is 4.79 Å². The van der Waals surface area contributed by atoms with Crippen LogP contribution in [0.5, 0.6) is 17.2 Å². The van der Waals surface area contributed by atoms with Crippen LogP contribution in [0.3, 0.4) is 0 Å². The molecule has 174 valence electrons. The van der Waals surface area contributed by atoms with E-state index in [0.29, 0.717) is 23.3 Å². The van der Waals surface area contributed by atoms with E-state index in [9.17, 15) is 9.90 Å². The smallest absolute Gasteiger partial charge is 0.309 e. The number of rotatable bonds is 9. The van der Waals surface area contributed by atoms with Crippen molar-refractivity contribution in [3.8, 4) is 28.7 Å². The molecule has 0 saturated heterocycles. The van der Waals surface area contributed by atoms with E-state index < -0.39 is 17.7 Å². The van der Waals surface area contributed by atoms with Gasteiger partial charge in [0, 0.05) is 11.6 Å². The van der Waals surface area contributed by atoms with Gasteiger partial charge >= 0.3 is 5.97 Å². The van der Waals surface area contributed by atoms with Crippen LogP contribution in [0.2, 0.25) is 0 Å². The zero-order valence-electron chi connectivity index (χ0n) is 19.1. The summed E-state index contributed by atoms with van der Waals surface area (Å²) < 4.78 is 22.6. The normalized spacial score (nSPS) is 14.5. The summed E-state index contributed by atoms with van der Waals surface area (Å²) in [5.74, 6) is 2.89. The first kappa shape index (κ1) is 22.9. The van der Waals surface area contributed by atoms with Crippen LogP contribution < -0.4 is 9.47 Å². The first-order valence-electron chi connectivity index (χ1n) is 11.1. The second-order valence-electron chi connectivity index (χ2n) is 9.23. The number of carbonyl (C=O) groups is 1. The van der Waals surface area contributed by atoms with Crippen molar-refractivity contribution in [2.45, 2.75) is 51.7 Å². The van der Waals surface area contributed by atoms with Gasteiger partial charge in [-0.25, -0.2) is 4.98 Å². The van der Waals surface area contributed by atoms with E-state index in [0.717, 1.165) is 17.9 Å². The maximum atomic E-state index is 11.9. The minimum atomic E-state index is -1.13. The van der Waals surface area contributed by atoms with Gasteiger partial charge in [-0.05, 0) is 75.9 Å². The number of ether oxygens (including phenoxy) is 3. The SMILES string of the molecule is CC(C)(C)OC(=O)CC(O)c1cnc(-c2ccc(Oc3cccc(OCC4CC4)c3)cc2)o1. The third-order valence-electron chi connectivity index (χ3n) is 4.96. The molecule has 1 N–H and O–H groups in total. The first-order valence-corrected chi connectivity index (χ1v) is 11.1. The molecule has 0 aliphatic heterocycles. The molecule has 1 aliphatic rings. The van der Waals surface area contributed by atoms with Gasteiger partial charge in [-0.1, -0.05) is 6.07 Å². The highest BCUT2D eigenvalue weighted by molar-refractivity contribution is 5.70. The highest BCUT2D eigenvalue weighted by Crippen LogP contribution is 2.32.